The molecule has 3 aromatic rings. The van der Waals surface area contributed by atoms with Crippen molar-refractivity contribution in [2.24, 2.45) is 0 Å². The summed E-state index contributed by atoms with van der Waals surface area (Å²) < 4.78 is 7.34. The summed E-state index contributed by atoms with van der Waals surface area (Å²) in [4.78, 5) is 24.9. The second-order valence-corrected chi connectivity index (χ2v) is 7.74. The van der Waals surface area contributed by atoms with Gasteiger partial charge in [-0.2, -0.15) is 0 Å². The third kappa shape index (κ3) is 5.36. The molecule has 0 radical (unpaired) electrons. The van der Waals surface area contributed by atoms with Crippen molar-refractivity contribution in [1.29, 1.82) is 0 Å². The van der Waals surface area contributed by atoms with Crippen molar-refractivity contribution in [2.75, 3.05) is 13.7 Å². The predicted octanol–water partition coefficient (Wildman–Crippen LogP) is 3.82. The number of allylic oxidation sites excluding steroid dienone is 1. The number of para-hydroxylation sites is 1. The van der Waals surface area contributed by atoms with Gasteiger partial charge in [-0.15, -0.1) is 16.8 Å². The Morgan fingerprint density at radius 1 is 1.16 bits per heavy atom. The minimum atomic E-state index is -0.711. The van der Waals surface area contributed by atoms with Crippen molar-refractivity contribution in [2.45, 2.75) is 23.9 Å². The molecular weight excluding hydrogens is 426 g/mol. The van der Waals surface area contributed by atoms with Gasteiger partial charge in [-0.1, -0.05) is 60.3 Å². The number of rotatable bonds is 9. The Morgan fingerprint density at radius 2 is 1.88 bits per heavy atom. The molecule has 0 unspecified atom stereocenters. The van der Waals surface area contributed by atoms with E-state index in [1.165, 1.54) is 11.8 Å². The highest BCUT2D eigenvalue weighted by atomic mass is 32.2. The van der Waals surface area contributed by atoms with Crippen LogP contribution in [-0.4, -0.2) is 40.4 Å². The van der Waals surface area contributed by atoms with Crippen molar-refractivity contribution >= 4 is 23.7 Å². The van der Waals surface area contributed by atoms with E-state index in [2.05, 4.69) is 27.4 Å². The number of thioether (sulfide) groups is 1. The van der Waals surface area contributed by atoms with Crippen LogP contribution in [0.3, 0.4) is 0 Å². The first-order valence-electron chi connectivity index (χ1n) is 10.1. The highest BCUT2D eigenvalue weighted by molar-refractivity contribution is 8.00. The second-order valence-electron chi connectivity index (χ2n) is 6.66. The molecule has 0 saturated heterocycles. The molecule has 0 spiro atoms. The average molecular weight is 452 g/mol. The first-order valence-corrected chi connectivity index (χ1v) is 10.9. The van der Waals surface area contributed by atoms with E-state index in [0.717, 1.165) is 11.1 Å². The summed E-state index contributed by atoms with van der Waals surface area (Å²) in [5.74, 6) is 0.815. The van der Waals surface area contributed by atoms with Gasteiger partial charge in [0.05, 0.1) is 12.7 Å². The normalized spacial score (nSPS) is 11.4. The van der Waals surface area contributed by atoms with Gasteiger partial charge < -0.3 is 10.1 Å². The van der Waals surface area contributed by atoms with Crippen molar-refractivity contribution in [3.63, 3.8) is 0 Å². The fourth-order valence-electron chi connectivity index (χ4n) is 3.09. The van der Waals surface area contributed by atoms with E-state index in [4.69, 9.17) is 4.74 Å². The first-order chi connectivity index (χ1) is 15.6. The zero-order chi connectivity index (χ0) is 22.9. The van der Waals surface area contributed by atoms with Gasteiger partial charge in [0.2, 0.25) is 5.91 Å². The molecule has 32 heavy (non-hydrogen) atoms. The summed E-state index contributed by atoms with van der Waals surface area (Å²) in [6.07, 6.45) is 1.73. The lowest BCUT2D eigenvalue weighted by molar-refractivity contribution is -0.119. The summed E-state index contributed by atoms with van der Waals surface area (Å²) in [5, 5.41) is 13.5. The van der Waals surface area contributed by atoms with Crippen LogP contribution in [0.25, 0.3) is 11.4 Å². The molecular formula is C23H25N5O3S. The predicted molar refractivity (Wildman–Crippen MR) is 124 cm³/mol. The molecule has 166 valence electrons. The number of benzene rings is 2. The van der Waals surface area contributed by atoms with Crippen LogP contribution < -0.4 is 15.4 Å². The van der Waals surface area contributed by atoms with Crippen molar-refractivity contribution in [1.82, 2.24) is 25.4 Å². The van der Waals surface area contributed by atoms with Gasteiger partial charge in [0.25, 0.3) is 0 Å². The maximum Gasteiger partial charge on any atom is 0.321 e. The maximum atomic E-state index is 13.0. The van der Waals surface area contributed by atoms with E-state index < -0.39 is 17.2 Å². The van der Waals surface area contributed by atoms with Gasteiger partial charge in [0, 0.05) is 13.1 Å². The molecule has 0 saturated carbocycles. The third-order valence-corrected chi connectivity index (χ3v) is 5.75. The molecule has 0 aliphatic carbocycles. The molecule has 0 fully saturated rings. The fraction of sp³-hybridized carbons (Fsp3) is 0.217. The number of hydrogen-bond acceptors (Lipinski definition) is 6. The van der Waals surface area contributed by atoms with Gasteiger partial charge >= 0.3 is 6.03 Å². The van der Waals surface area contributed by atoms with Crippen LogP contribution in [0, 0.1) is 0 Å². The van der Waals surface area contributed by atoms with Gasteiger partial charge in [0.1, 0.15) is 11.0 Å². The summed E-state index contributed by atoms with van der Waals surface area (Å²) in [6, 6.07) is 16.2. The van der Waals surface area contributed by atoms with Crippen LogP contribution in [0.4, 0.5) is 4.79 Å². The minimum Gasteiger partial charge on any atom is -0.496 e. The summed E-state index contributed by atoms with van der Waals surface area (Å²) >= 11 is 1.21. The molecule has 3 amide bonds. The lowest BCUT2D eigenvalue weighted by Crippen LogP contribution is -2.41. The smallest absolute Gasteiger partial charge is 0.321 e. The largest absolute Gasteiger partial charge is 0.496 e. The molecule has 1 atom stereocenters. The topological polar surface area (TPSA) is 98.1 Å². The summed E-state index contributed by atoms with van der Waals surface area (Å²) in [6.45, 7) is 6.47. The molecule has 0 aliphatic rings. The second kappa shape index (κ2) is 11.1. The van der Waals surface area contributed by atoms with E-state index in [1.54, 1.807) is 20.1 Å². The molecule has 0 bridgehead atoms. The van der Waals surface area contributed by atoms with E-state index in [1.807, 2.05) is 59.2 Å². The van der Waals surface area contributed by atoms with Gasteiger partial charge in [-0.25, -0.2) is 4.79 Å². The Kier molecular flexibility index (Phi) is 8.04. The molecule has 1 aromatic heterocycles. The average Bonchev–Trinajstić information content (AvgIpc) is 3.20. The van der Waals surface area contributed by atoms with Crippen LogP contribution in [0.1, 0.15) is 17.7 Å². The monoisotopic (exact) mass is 451 g/mol. The van der Waals surface area contributed by atoms with E-state index in [-0.39, 0.29) is 0 Å². The van der Waals surface area contributed by atoms with E-state index in [9.17, 15) is 9.59 Å². The van der Waals surface area contributed by atoms with E-state index in [0.29, 0.717) is 29.8 Å². The Bertz CT molecular complexity index is 1080. The number of aromatic nitrogens is 3. The van der Waals surface area contributed by atoms with Crippen LogP contribution in [-0.2, 0) is 11.3 Å². The lowest BCUT2D eigenvalue weighted by atomic mass is 10.1. The zero-order valence-corrected chi connectivity index (χ0v) is 18.8. The first kappa shape index (κ1) is 23.1. The molecule has 1 heterocycles. The highest BCUT2D eigenvalue weighted by Crippen LogP contribution is 2.37. The number of hydrogen-bond donors (Lipinski definition) is 2. The van der Waals surface area contributed by atoms with Crippen LogP contribution >= 0.6 is 11.8 Å². The number of ether oxygens (including phenoxy) is 1. The van der Waals surface area contributed by atoms with Gasteiger partial charge in [0.15, 0.2) is 11.0 Å². The fourth-order valence-corrected chi connectivity index (χ4v) is 4.13. The Labute approximate surface area is 191 Å². The molecule has 2 N–H and O–H groups in total. The van der Waals surface area contributed by atoms with Crippen molar-refractivity contribution in [3.05, 3.63) is 72.8 Å². The molecule has 0 aliphatic heterocycles. The SMILES string of the molecule is C=CCn1c(S[C@H](C(=O)NC(=O)NCC)c2ccccc2)nnc1-c1ccccc1OC. The molecule has 2 aromatic carbocycles. The van der Waals surface area contributed by atoms with Crippen LogP contribution in [0.15, 0.2) is 72.4 Å². The molecule has 3 rings (SSSR count). The Morgan fingerprint density at radius 3 is 2.56 bits per heavy atom. The zero-order valence-electron chi connectivity index (χ0n) is 17.9. The van der Waals surface area contributed by atoms with Crippen LogP contribution in [0.2, 0.25) is 0 Å². The standard InChI is InChI=1S/C23H25N5O3S/c1-4-15-28-20(17-13-9-10-14-18(17)31-3)26-27-23(28)32-19(16-11-7-6-8-12-16)21(29)25-22(30)24-5-2/h4,6-14,19H,1,5,15H2,2-3H3,(H2,24,25,29,30)/t19-/m0/s1. The number of nitrogens with zero attached hydrogens (tertiary/aromatic N) is 3. The molecule has 9 heteroatoms. The number of urea groups is 1. The van der Waals surface area contributed by atoms with E-state index >= 15 is 0 Å². The van der Waals surface area contributed by atoms with Crippen LogP contribution in [0.5, 0.6) is 5.75 Å². The third-order valence-electron chi connectivity index (χ3n) is 4.51. The summed E-state index contributed by atoms with van der Waals surface area (Å²) in [5.41, 5.74) is 1.52. The number of carbonyl (C=O) groups excluding carboxylic acids is 2. The van der Waals surface area contributed by atoms with Gasteiger partial charge in [-0.3, -0.25) is 14.7 Å². The molecule has 8 nitrogen and oxygen atoms in total. The lowest BCUT2D eigenvalue weighted by Gasteiger charge is -2.17. The van der Waals surface area contributed by atoms with Crippen molar-refractivity contribution < 1.29 is 14.3 Å². The quantitative estimate of drug-likeness (QED) is 0.379. The highest BCUT2D eigenvalue weighted by Gasteiger charge is 2.27. The number of methoxy groups -OCH3 is 1. The number of nitrogens with one attached hydrogen (secondary N) is 2. The maximum absolute atomic E-state index is 13.0. The number of carbonyl (C=O) groups is 2. The minimum absolute atomic E-state index is 0.415. The Balaban J connectivity index is 1.99. The van der Waals surface area contributed by atoms with Gasteiger partial charge in [-0.05, 0) is 24.6 Å². The number of imide groups is 1. The number of amides is 3. The van der Waals surface area contributed by atoms with Crippen molar-refractivity contribution in [3.8, 4) is 17.1 Å². The summed E-state index contributed by atoms with van der Waals surface area (Å²) in [7, 11) is 1.60. The Hall–Kier alpha value is -3.59.